The average Bonchev–Trinajstić information content (AvgIpc) is 2.80. The highest BCUT2D eigenvalue weighted by Gasteiger charge is 2.66. The van der Waals surface area contributed by atoms with Gasteiger partial charge in [0.15, 0.2) is 5.78 Å². The van der Waals surface area contributed by atoms with Crippen LogP contribution in [0.2, 0.25) is 0 Å². The Morgan fingerprint density at radius 1 is 1.17 bits per heavy atom. The minimum atomic E-state index is -0.742. The summed E-state index contributed by atoms with van der Waals surface area (Å²) in [6.07, 6.45) is 5.95. The monoisotopic (exact) mass is 248 g/mol. The van der Waals surface area contributed by atoms with Gasteiger partial charge in [-0.05, 0) is 55.6 Å². The molecule has 4 aliphatic carbocycles. The van der Waals surface area contributed by atoms with Crippen LogP contribution in [0.4, 0.5) is 0 Å². The van der Waals surface area contributed by atoms with E-state index in [4.69, 9.17) is 0 Å². The quantitative estimate of drug-likeness (QED) is 0.686. The van der Waals surface area contributed by atoms with E-state index in [-0.39, 0.29) is 5.78 Å². The molecular formula is C15H20O3. The number of aliphatic hydroxyl groups excluding tert-OH is 1. The van der Waals surface area contributed by atoms with E-state index in [1.54, 1.807) is 0 Å². The third kappa shape index (κ3) is 1.03. The van der Waals surface area contributed by atoms with Crippen LogP contribution < -0.4 is 0 Å². The molecule has 18 heavy (non-hydrogen) atoms. The Hall–Kier alpha value is -0.670. The lowest BCUT2D eigenvalue weighted by atomic mass is 9.55. The highest BCUT2D eigenvalue weighted by molar-refractivity contribution is 6.00. The lowest BCUT2D eigenvalue weighted by Gasteiger charge is -2.52. The molecule has 0 heterocycles. The molecular weight excluding hydrogens is 228 g/mol. The van der Waals surface area contributed by atoms with Crippen LogP contribution >= 0.6 is 0 Å². The number of rotatable bonds is 0. The Bertz CT molecular complexity index is 466. The van der Waals surface area contributed by atoms with Crippen molar-refractivity contribution in [1.82, 2.24) is 0 Å². The van der Waals surface area contributed by atoms with Gasteiger partial charge in [0.05, 0.1) is 11.7 Å². The van der Waals surface area contributed by atoms with Gasteiger partial charge in [-0.15, -0.1) is 0 Å². The first-order valence-corrected chi connectivity index (χ1v) is 7.26. The van der Waals surface area contributed by atoms with Crippen molar-refractivity contribution in [3.05, 3.63) is 11.1 Å². The molecule has 0 unspecified atom stereocenters. The van der Waals surface area contributed by atoms with Gasteiger partial charge in [-0.3, -0.25) is 4.79 Å². The maximum atomic E-state index is 12.1. The summed E-state index contributed by atoms with van der Waals surface area (Å²) in [4.78, 5) is 12.1. The van der Waals surface area contributed by atoms with Crippen LogP contribution in [0.5, 0.6) is 0 Å². The van der Waals surface area contributed by atoms with E-state index in [1.807, 2.05) is 0 Å². The number of carbonyl (C=O) groups is 1. The van der Waals surface area contributed by atoms with E-state index in [9.17, 15) is 15.0 Å². The molecule has 0 aromatic carbocycles. The molecule has 3 nitrogen and oxygen atoms in total. The Morgan fingerprint density at radius 2 is 2.00 bits per heavy atom. The summed E-state index contributed by atoms with van der Waals surface area (Å²) in [6.45, 7) is 0. The van der Waals surface area contributed by atoms with E-state index >= 15 is 0 Å². The van der Waals surface area contributed by atoms with E-state index in [1.165, 1.54) is 5.57 Å². The second-order valence-corrected chi connectivity index (χ2v) is 6.67. The topological polar surface area (TPSA) is 57.5 Å². The first kappa shape index (κ1) is 11.2. The SMILES string of the molecule is O=C1C[C@H]2CCC[C@]34C2=C1CC[C@@]3(O)CC[C@@H]4O. The minimum Gasteiger partial charge on any atom is -0.392 e. The molecule has 0 radical (unpaired) electrons. The van der Waals surface area contributed by atoms with E-state index in [0.717, 1.165) is 31.3 Å². The fraction of sp³-hybridized carbons (Fsp3) is 0.800. The normalized spacial score (nSPS) is 50.4. The molecule has 0 saturated heterocycles. The van der Waals surface area contributed by atoms with E-state index in [2.05, 4.69) is 0 Å². The zero-order valence-corrected chi connectivity index (χ0v) is 10.6. The summed E-state index contributed by atoms with van der Waals surface area (Å²) in [6, 6.07) is 0. The number of Topliss-reactive ketones (excluding diaryl/α,β-unsaturated/α-hetero) is 1. The van der Waals surface area contributed by atoms with Crippen LogP contribution in [0, 0.1) is 11.3 Å². The summed E-state index contributed by atoms with van der Waals surface area (Å²) >= 11 is 0. The Morgan fingerprint density at radius 3 is 2.83 bits per heavy atom. The van der Waals surface area contributed by atoms with Gasteiger partial charge in [0.25, 0.3) is 0 Å². The zero-order chi connectivity index (χ0) is 12.5. The van der Waals surface area contributed by atoms with Crippen LogP contribution in [-0.4, -0.2) is 27.7 Å². The van der Waals surface area contributed by atoms with Crippen LogP contribution in [-0.2, 0) is 4.79 Å². The van der Waals surface area contributed by atoms with Gasteiger partial charge < -0.3 is 10.2 Å². The third-order valence-electron chi connectivity index (χ3n) is 6.13. The van der Waals surface area contributed by atoms with Gasteiger partial charge in [-0.2, -0.15) is 0 Å². The standard InChI is InChI=1S/C15H20O3/c16-11-8-9-2-1-5-15-12(17)4-7-14(15,18)6-3-10(11)13(9)15/h9,12,17-18H,1-8H2/t9-,12+,14-,15+/m1/s1. The van der Waals surface area contributed by atoms with Crippen LogP contribution in [0.25, 0.3) is 0 Å². The number of aliphatic hydroxyl groups is 2. The molecule has 4 aliphatic rings. The third-order valence-corrected chi connectivity index (χ3v) is 6.13. The van der Waals surface area contributed by atoms with Crippen molar-refractivity contribution in [2.75, 3.05) is 0 Å². The molecule has 2 N–H and O–H groups in total. The fourth-order valence-corrected chi connectivity index (χ4v) is 5.43. The van der Waals surface area contributed by atoms with Gasteiger partial charge in [0.1, 0.15) is 0 Å². The van der Waals surface area contributed by atoms with Crippen molar-refractivity contribution in [3.8, 4) is 0 Å². The van der Waals surface area contributed by atoms with E-state index in [0.29, 0.717) is 31.6 Å². The Labute approximate surface area is 107 Å². The maximum Gasteiger partial charge on any atom is 0.159 e. The summed E-state index contributed by atoms with van der Waals surface area (Å²) in [5, 5.41) is 21.5. The first-order valence-electron chi connectivity index (χ1n) is 7.26. The van der Waals surface area contributed by atoms with Gasteiger partial charge in [-0.1, -0.05) is 6.42 Å². The molecule has 3 heteroatoms. The van der Waals surface area contributed by atoms with Crippen molar-refractivity contribution < 1.29 is 15.0 Å². The molecule has 4 rings (SSSR count). The molecule has 1 spiro atoms. The zero-order valence-electron chi connectivity index (χ0n) is 10.6. The van der Waals surface area contributed by atoms with Crippen LogP contribution in [0.3, 0.4) is 0 Å². The van der Waals surface area contributed by atoms with Crippen LogP contribution in [0.1, 0.15) is 51.4 Å². The number of hydrogen-bond donors (Lipinski definition) is 2. The second kappa shape index (κ2) is 3.26. The molecule has 0 aromatic rings. The van der Waals surface area contributed by atoms with Crippen molar-refractivity contribution in [1.29, 1.82) is 0 Å². The molecule has 2 saturated carbocycles. The number of carbonyl (C=O) groups excluding carboxylic acids is 1. The highest BCUT2D eigenvalue weighted by atomic mass is 16.3. The van der Waals surface area contributed by atoms with Gasteiger partial charge in [0, 0.05) is 11.8 Å². The summed E-state index contributed by atoms with van der Waals surface area (Å²) in [7, 11) is 0. The molecule has 0 aromatic heterocycles. The van der Waals surface area contributed by atoms with Crippen molar-refractivity contribution in [3.63, 3.8) is 0 Å². The Balaban J connectivity index is 1.96. The van der Waals surface area contributed by atoms with E-state index < -0.39 is 17.1 Å². The molecule has 0 bridgehead atoms. The predicted octanol–water partition coefficient (Wildman–Crippen LogP) is 1.72. The van der Waals surface area contributed by atoms with Gasteiger partial charge in [-0.25, -0.2) is 0 Å². The van der Waals surface area contributed by atoms with Gasteiger partial charge >= 0.3 is 0 Å². The summed E-state index contributed by atoms with van der Waals surface area (Å²) in [5.41, 5.74) is 0.951. The Kier molecular flexibility index (Phi) is 2.02. The fourth-order valence-electron chi connectivity index (χ4n) is 5.43. The smallest absolute Gasteiger partial charge is 0.159 e. The highest BCUT2D eigenvalue weighted by Crippen LogP contribution is 2.66. The lowest BCUT2D eigenvalue weighted by Crippen LogP contribution is -2.54. The number of ketones is 1. The number of allylic oxidation sites excluding steroid dienone is 1. The minimum absolute atomic E-state index is 0.289. The first-order chi connectivity index (χ1) is 8.58. The van der Waals surface area contributed by atoms with Crippen molar-refractivity contribution in [2.24, 2.45) is 11.3 Å². The molecule has 2 fully saturated rings. The lowest BCUT2D eigenvalue weighted by molar-refractivity contribution is -0.116. The molecule has 0 amide bonds. The van der Waals surface area contributed by atoms with Crippen LogP contribution in [0.15, 0.2) is 11.1 Å². The second-order valence-electron chi connectivity index (χ2n) is 6.67. The maximum absolute atomic E-state index is 12.1. The van der Waals surface area contributed by atoms with Crippen molar-refractivity contribution >= 4 is 5.78 Å². The summed E-state index contributed by atoms with van der Waals surface area (Å²) in [5.74, 6) is 0.609. The van der Waals surface area contributed by atoms with Gasteiger partial charge in [0.2, 0.25) is 0 Å². The predicted molar refractivity (Wildman–Crippen MR) is 65.8 cm³/mol. The largest absolute Gasteiger partial charge is 0.392 e. The molecule has 0 aliphatic heterocycles. The number of hydrogen-bond acceptors (Lipinski definition) is 3. The average molecular weight is 248 g/mol. The summed E-state index contributed by atoms with van der Waals surface area (Å²) < 4.78 is 0. The molecule has 4 atom stereocenters. The molecule has 98 valence electrons. The van der Waals surface area contributed by atoms with Crippen molar-refractivity contribution in [2.45, 2.75) is 63.1 Å².